The normalized spacial score (nSPS) is 15.0. The summed E-state index contributed by atoms with van der Waals surface area (Å²) in [6.45, 7) is 7.61. The van der Waals surface area contributed by atoms with Crippen molar-refractivity contribution in [2.45, 2.75) is 20.3 Å². The molecule has 0 spiro atoms. The van der Waals surface area contributed by atoms with E-state index in [9.17, 15) is 4.79 Å². The van der Waals surface area contributed by atoms with Crippen LogP contribution in [0.4, 0.5) is 11.4 Å². The zero-order chi connectivity index (χ0) is 16.9. The maximum Gasteiger partial charge on any atom is 0.256 e. The second-order valence-corrected chi connectivity index (χ2v) is 6.31. The van der Waals surface area contributed by atoms with Gasteiger partial charge < -0.3 is 15.5 Å². The first-order chi connectivity index (χ1) is 11.7. The van der Waals surface area contributed by atoms with Crippen molar-refractivity contribution in [3.63, 3.8) is 0 Å². The van der Waals surface area contributed by atoms with Crippen molar-refractivity contribution in [2.75, 3.05) is 31.5 Å². The molecule has 0 aliphatic carbocycles. The van der Waals surface area contributed by atoms with Gasteiger partial charge in [-0.25, -0.2) is 0 Å². The smallest absolute Gasteiger partial charge is 0.256 e. The Morgan fingerprint density at radius 3 is 2.67 bits per heavy atom. The number of carbonyl (C=O) groups excluding carboxylic acids is 1. The minimum absolute atomic E-state index is 0.104. The van der Waals surface area contributed by atoms with Crippen LogP contribution in [0.1, 0.15) is 27.9 Å². The second kappa shape index (κ2) is 7.49. The molecular formula is C20H25N3O. The summed E-state index contributed by atoms with van der Waals surface area (Å²) in [6, 6.07) is 14.0. The van der Waals surface area contributed by atoms with Gasteiger partial charge in [-0.05, 0) is 56.1 Å². The lowest BCUT2D eigenvalue weighted by Gasteiger charge is -2.22. The molecule has 1 amide bonds. The van der Waals surface area contributed by atoms with E-state index < -0.39 is 0 Å². The van der Waals surface area contributed by atoms with Gasteiger partial charge in [-0.1, -0.05) is 24.3 Å². The van der Waals surface area contributed by atoms with Crippen LogP contribution in [0.2, 0.25) is 0 Å². The highest BCUT2D eigenvalue weighted by Crippen LogP contribution is 2.26. The third-order valence-electron chi connectivity index (χ3n) is 4.66. The minimum Gasteiger partial charge on any atom is -0.355 e. The van der Waals surface area contributed by atoms with E-state index in [4.69, 9.17) is 0 Å². The van der Waals surface area contributed by atoms with Crippen LogP contribution in [-0.2, 0) is 0 Å². The predicted octanol–water partition coefficient (Wildman–Crippen LogP) is 3.48. The summed E-state index contributed by atoms with van der Waals surface area (Å²) in [5, 5.41) is 6.80. The Balaban J connectivity index is 1.87. The summed E-state index contributed by atoms with van der Waals surface area (Å²) in [4.78, 5) is 14.9. The molecule has 4 heteroatoms. The van der Waals surface area contributed by atoms with E-state index in [-0.39, 0.29) is 5.91 Å². The first kappa shape index (κ1) is 16.5. The fourth-order valence-electron chi connectivity index (χ4n) is 3.03. The molecule has 2 N–H and O–H groups in total. The number of amides is 1. The van der Waals surface area contributed by atoms with Gasteiger partial charge in [-0.15, -0.1) is 0 Å². The fourth-order valence-corrected chi connectivity index (χ4v) is 3.03. The molecule has 1 saturated heterocycles. The molecule has 0 unspecified atom stereocenters. The zero-order valence-electron chi connectivity index (χ0n) is 14.4. The summed E-state index contributed by atoms with van der Waals surface area (Å²) in [6.07, 6.45) is 0.998. The number of hydrogen-bond donors (Lipinski definition) is 2. The molecular weight excluding hydrogens is 298 g/mol. The van der Waals surface area contributed by atoms with Gasteiger partial charge in [-0.3, -0.25) is 4.79 Å². The molecule has 1 aliphatic rings. The fraction of sp³-hybridized carbons (Fsp3) is 0.350. The molecule has 126 valence electrons. The van der Waals surface area contributed by atoms with Gasteiger partial charge in [0.15, 0.2) is 0 Å². The third-order valence-corrected chi connectivity index (χ3v) is 4.66. The SMILES string of the molecule is Cc1cccc(Nc2ccccc2C(=O)N2CCCNCC2)c1C. The minimum atomic E-state index is 0.104. The van der Waals surface area contributed by atoms with Crippen LogP contribution in [-0.4, -0.2) is 37.0 Å². The molecule has 0 aromatic heterocycles. The van der Waals surface area contributed by atoms with E-state index in [0.717, 1.165) is 49.5 Å². The largest absolute Gasteiger partial charge is 0.355 e. The van der Waals surface area contributed by atoms with Crippen molar-refractivity contribution in [3.8, 4) is 0 Å². The molecule has 4 nitrogen and oxygen atoms in total. The Hall–Kier alpha value is -2.33. The van der Waals surface area contributed by atoms with E-state index in [1.54, 1.807) is 0 Å². The van der Waals surface area contributed by atoms with Crippen molar-refractivity contribution < 1.29 is 4.79 Å². The molecule has 3 rings (SSSR count). The summed E-state index contributed by atoms with van der Waals surface area (Å²) in [5.74, 6) is 0.104. The lowest BCUT2D eigenvalue weighted by atomic mass is 10.1. The third kappa shape index (κ3) is 3.60. The molecule has 0 radical (unpaired) electrons. The molecule has 1 heterocycles. The van der Waals surface area contributed by atoms with Crippen molar-refractivity contribution in [2.24, 2.45) is 0 Å². The molecule has 0 atom stereocenters. The highest BCUT2D eigenvalue weighted by Gasteiger charge is 2.20. The average Bonchev–Trinajstić information content (AvgIpc) is 2.88. The summed E-state index contributed by atoms with van der Waals surface area (Å²) >= 11 is 0. The lowest BCUT2D eigenvalue weighted by molar-refractivity contribution is 0.0767. The lowest BCUT2D eigenvalue weighted by Crippen LogP contribution is -2.34. The van der Waals surface area contributed by atoms with Gasteiger partial charge >= 0.3 is 0 Å². The summed E-state index contributed by atoms with van der Waals surface area (Å²) in [7, 11) is 0. The van der Waals surface area contributed by atoms with E-state index in [0.29, 0.717) is 0 Å². The quantitative estimate of drug-likeness (QED) is 0.909. The Morgan fingerprint density at radius 2 is 1.79 bits per heavy atom. The van der Waals surface area contributed by atoms with E-state index in [2.05, 4.69) is 36.6 Å². The standard InChI is InChI=1S/C20H25N3O/c1-15-7-5-10-18(16(15)2)22-19-9-4-3-8-17(19)20(24)23-13-6-11-21-12-14-23/h3-5,7-10,21-22H,6,11-14H2,1-2H3. The van der Waals surface area contributed by atoms with Crippen LogP contribution in [0.15, 0.2) is 42.5 Å². The number of aryl methyl sites for hydroxylation is 1. The zero-order valence-corrected chi connectivity index (χ0v) is 14.4. The first-order valence-corrected chi connectivity index (χ1v) is 8.59. The number of para-hydroxylation sites is 1. The van der Waals surface area contributed by atoms with Gasteiger partial charge in [-0.2, -0.15) is 0 Å². The molecule has 1 fully saturated rings. The van der Waals surface area contributed by atoms with Crippen molar-refractivity contribution >= 4 is 17.3 Å². The van der Waals surface area contributed by atoms with Gasteiger partial charge in [0.2, 0.25) is 0 Å². The summed E-state index contributed by atoms with van der Waals surface area (Å²) < 4.78 is 0. The number of hydrogen-bond acceptors (Lipinski definition) is 3. The highest BCUT2D eigenvalue weighted by molar-refractivity contribution is 6.00. The van der Waals surface area contributed by atoms with E-state index in [1.807, 2.05) is 35.2 Å². The number of nitrogens with one attached hydrogen (secondary N) is 2. The predicted molar refractivity (Wildman–Crippen MR) is 99.0 cm³/mol. The second-order valence-electron chi connectivity index (χ2n) is 6.31. The van der Waals surface area contributed by atoms with Gasteiger partial charge in [0, 0.05) is 25.3 Å². The molecule has 2 aromatic rings. The maximum atomic E-state index is 13.0. The number of rotatable bonds is 3. The van der Waals surface area contributed by atoms with Gasteiger partial charge in [0.05, 0.1) is 11.3 Å². The number of anilines is 2. The number of benzene rings is 2. The molecule has 0 saturated carbocycles. The Bertz CT molecular complexity index is 719. The Kier molecular flexibility index (Phi) is 5.16. The number of nitrogens with zero attached hydrogens (tertiary/aromatic N) is 1. The summed E-state index contributed by atoms with van der Waals surface area (Å²) in [5.41, 5.74) is 5.10. The van der Waals surface area contributed by atoms with Gasteiger partial charge in [0.1, 0.15) is 0 Å². The van der Waals surface area contributed by atoms with Crippen LogP contribution in [0.3, 0.4) is 0 Å². The van der Waals surface area contributed by atoms with Gasteiger partial charge in [0.25, 0.3) is 5.91 Å². The highest BCUT2D eigenvalue weighted by atomic mass is 16.2. The Morgan fingerprint density at radius 1 is 1.00 bits per heavy atom. The van der Waals surface area contributed by atoms with Crippen LogP contribution in [0.25, 0.3) is 0 Å². The average molecular weight is 323 g/mol. The monoisotopic (exact) mass is 323 g/mol. The Labute approximate surface area is 143 Å². The molecule has 0 bridgehead atoms. The van der Waals surface area contributed by atoms with Crippen molar-refractivity contribution in [1.29, 1.82) is 0 Å². The van der Waals surface area contributed by atoms with E-state index in [1.165, 1.54) is 11.1 Å². The van der Waals surface area contributed by atoms with Crippen LogP contribution >= 0.6 is 0 Å². The molecule has 24 heavy (non-hydrogen) atoms. The van der Waals surface area contributed by atoms with Crippen LogP contribution in [0.5, 0.6) is 0 Å². The molecule has 2 aromatic carbocycles. The van der Waals surface area contributed by atoms with E-state index >= 15 is 0 Å². The van der Waals surface area contributed by atoms with Crippen LogP contribution < -0.4 is 10.6 Å². The first-order valence-electron chi connectivity index (χ1n) is 8.59. The molecule has 1 aliphatic heterocycles. The van der Waals surface area contributed by atoms with Crippen LogP contribution in [0, 0.1) is 13.8 Å². The van der Waals surface area contributed by atoms with Crippen molar-refractivity contribution in [1.82, 2.24) is 10.2 Å². The maximum absolute atomic E-state index is 13.0. The topological polar surface area (TPSA) is 44.4 Å². The van der Waals surface area contributed by atoms with Crippen molar-refractivity contribution in [3.05, 3.63) is 59.2 Å². The number of carbonyl (C=O) groups is 1.